The molecule has 4 nitrogen and oxygen atoms in total. The van der Waals surface area contributed by atoms with Crippen LogP contribution in [0.5, 0.6) is 0 Å². The van der Waals surface area contributed by atoms with Gasteiger partial charge in [-0.15, -0.1) is 0 Å². The van der Waals surface area contributed by atoms with Gasteiger partial charge in [0.1, 0.15) is 0 Å². The van der Waals surface area contributed by atoms with Crippen LogP contribution in [0.1, 0.15) is 37.2 Å². The number of halogens is 2. The van der Waals surface area contributed by atoms with Crippen molar-refractivity contribution in [1.29, 1.82) is 0 Å². The Balaban J connectivity index is 2.51. The van der Waals surface area contributed by atoms with Crippen molar-refractivity contribution in [3.05, 3.63) is 50.3 Å². The lowest BCUT2D eigenvalue weighted by molar-refractivity contribution is 0.476. The fraction of sp³-hybridized carbons (Fsp3) is 0.308. The number of rotatable bonds is 4. The van der Waals surface area contributed by atoms with Crippen LogP contribution in [-0.4, -0.2) is 9.78 Å². The first-order valence-corrected chi connectivity index (χ1v) is 7.44. The molecule has 1 unspecified atom stereocenters. The Kier molecular flexibility index (Phi) is 4.83. The number of hydrazine groups is 1. The molecule has 1 heterocycles. The highest BCUT2D eigenvalue weighted by Gasteiger charge is 2.22. The average molecular weight is 391 g/mol. The number of aromatic nitrogens is 2. The lowest BCUT2D eigenvalue weighted by atomic mass is 10.0. The van der Waals surface area contributed by atoms with Gasteiger partial charge in [0.05, 0.1) is 23.0 Å². The Morgan fingerprint density at radius 3 is 2.74 bits per heavy atom. The Hall–Kier alpha value is -0.630. The zero-order valence-corrected chi connectivity index (χ0v) is 13.7. The van der Waals surface area contributed by atoms with E-state index in [1.807, 2.05) is 22.9 Å². The summed E-state index contributed by atoms with van der Waals surface area (Å²) < 4.78 is 3.05. The maximum atomic E-state index is 6.27. The van der Waals surface area contributed by atoms with Crippen molar-refractivity contribution in [2.45, 2.75) is 25.9 Å². The molecule has 0 aliphatic rings. The third-order valence-electron chi connectivity index (χ3n) is 2.90. The second-order valence-corrected chi connectivity index (χ2v) is 6.22. The minimum Gasteiger partial charge on any atom is -0.271 e. The standard InChI is InChI=1S/C13H16ClIN4/c1-8(2)19-13(11(14)7-17-19)12(18-16)9-4-3-5-10(15)6-9/h3-8,12,18H,16H2,1-2H3. The van der Waals surface area contributed by atoms with E-state index in [0.29, 0.717) is 5.02 Å². The molecule has 102 valence electrons. The van der Waals surface area contributed by atoms with Gasteiger partial charge in [0, 0.05) is 9.61 Å². The summed E-state index contributed by atoms with van der Waals surface area (Å²) in [5.74, 6) is 5.73. The molecule has 0 saturated heterocycles. The van der Waals surface area contributed by atoms with E-state index < -0.39 is 0 Å². The summed E-state index contributed by atoms with van der Waals surface area (Å²) in [5, 5.41) is 4.94. The van der Waals surface area contributed by atoms with Crippen LogP contribution in [0.3, 0.4) is 0 Å². The topological polar surface area (TPSA) is 55.9 Å². The summed E-state index contributed by atoms with van der Waals surface area (Å²) in [6, 6.07) is 8.21. The number of nitrogens with zero attached hydrogens (tertiary/aromatic N) is 2. The summed E-state index contributed by atoms with van der Waals surface area (Å²) >= 11 is 8.55. The van der Waals surface area contributed by atoms with E-state index in [1.54, 1.807) is 6.20 Å². The molecule has 1 atom stereocenters. The lowest BCUT2D eigenvalue weighted by Gasteiger charge is -2.20. The molecule has 0 radical (unpaired) electrons. The monoisotopic (exact) mass is 390 g/mol. The van der Waals surface area contributed by atoms with Gasteiger partial charge >= 0.3 is 0 Å². The van der Waals surface area contributed by atoms with Gasteiger partial charge < -0.3 is 0 Å². The van der Waals surface area contributed by atoms with Crippen LogP contribution in [0.15, 0.2) is 30.5 Å². The molecule has 0 spiro atoms. The molecule has 0 saturated carbocycles. The predicted molar refractivity (Wildman–Crippen MR) is 85.9 cm³/mol. The van der Waals surface area contributed by atoms with E-state index in [2.05, 4.69) is 53.0 Å². The first-order valence-electron chi connectivity index (χ1n) is 5.99. The summed E-state index contributed by atoms with van der Waals surface area (Å²) in [7, 11) is 0. The molecule has 3 N–H and O–H groups in total. The van der Waals surface area contributed by atoms with Gasteiger partial charge in [-0.05, 0) is 54.1 Å². The van der Waals surface area contributed by atoms with Crippen LogP contribution in [0.2, 0.25) is 5.02 Å². The first kappa shape index (κ1) is 14.8. The van der Waals surface area contributed by atoms with Crippen molar-refractivity contribution < 1.29 is 0 Å². The van der Waals surface area contributed by atoms with Crippen molar-refractivity contribution in [1.82, 2.24) is 15.2 Å². The highest BCUT2D eigenvalue weighted by molar-refractivity contribution is 14.1. The minimum atomic E-state index is -0.174. The van der Waals surface area contributed by atoms with E-state index in [1.165, 1.54) is 0 Å². The highest BCUT2D eigenvalue weighted by atomic mass is 127. The van der Waals surface area contributed by atoms with Gasteiger partial charge in [-0.3, -0.25) is 10.5 Å². The predicted octanol–water partition coefficient (Wildman–Crippen LogP) is 3.27. The number of hydrogen-bond acceptors (Lipinski definition) is 3. The van der Waals surface area contributed by atoms with E-state index in [0.717, 1.165) is 14.8 Å². The number of benzene rings is 1. The molecule has 1 aromatic heterocycles. The van der Waals surface area contributed by atoms with Crippen molar-refractivity contribution in [3.8, 4) is 0 Å². The van der Waals surface area contributed by atoms with Gasteiger partial charge in [-0.2, -0.15) is 5.10 Å². The Morgan fingerprint density at radius 1 is 1.42 bits per heavy atom. The molecule has 1 aromatic carbocycles. The summed E-state index contributed by atoms with van der Waals surface area (Å²) in [5.41, 5.74) is 4.79. The Morgan fingerprint density at radius 2 is 2.16 bits per heavy atom. The van der Waals surface area contributed by atoms with Crippen molar-refractivity contribution in [2.75, 3.05) is 0 Å². The minimum absolute atomic E-state index is 0.174. The zero-order valence-electron chi connectivity index (χ0n) is 10.8. The first-order chi connectivity index (χ1) is 9.04. The Bertz CT molecular complexity index is 568. The van der Waals surface area contributed by atoms with Gasteiger partial charge in [-0.25, -0.2) is 5.43 Å². The second kappa shape index (κ2) is 6.21. The molecule has 0 aliphatic heterocycles. The third-order valence-corrected chi connectivity index (χ3v) is 3.86. The summed E-state index contributed by atoms with van der Waals surface area (Å²) in [4.78, 5) is 0. The van der Waals surface area contributed by atoms with E-state index in [9.17, 15) is 0 Å². The van der Waals surface area contributed by atoms with E-state index in [-0.39, 0.29) is 12.1 Å². The SMILES string of the molecule is CC(C)n1ncc(Cl)c1C(NN)c1cccc(I)c1. The molecular formula is C13H16ClIN4. The third kappa shape index (κ3) is 3.10. The van der Waals surface area contributed by atoms with Crippen molar-refractivity contribution >= 4 is 34.2 Å². The van der Waals surface area contributed by atoms with Crippen LogP contribution in [0.4, 0.5) is 0 Å². The van der Waals surface area contributed by atoms with Crippen LogP contribution in [-0.2, 0) is 0 Å². The van der Waals surface area contributed by atoms with Gasteiger partial charge in [0.2, 0.25) is 0 Å². The van der Waals surface area contributed by atoms with E-state index >= 15 is 0 Å². The van der Waals surface area contributed by atoms with Crippen LogP contribution < -0.4 is 11.3 Å². The smallest absolute Gasteiger partial charge is 0.0893 e. The molecule has 6 heteroatoms. The van der Waals surface area contributed by atoms with Crippen LogP contribution >= 0.6 is 34.2 Å². The molecule has 2 rings (SSSR count). The van der Waals surface area contributed by atoms with Crippen LogP contribution in [0, 0.1) is 3.57 Å². The fourth-order valence-corrected chi connectivity index (χ4v) is 2.86. The number of nitrogens with two attached hydrogens (primary N) is 1. The maximum Gasteiger partial charge on any atom is 0.0893 e. The van der Waals surface area contributed by atoms with Gasteiger partial charge in [0.25, 0.3) is 0 Å². The summed E-state index contributed by atoms with van der Waals surface area (Å²) in [6.07, 6.45) is 1.66. The molecule has 0 fully saturated rings. The van der Waals surface area contributed by atoms with Crippen LogP contribution in [0.25, 0.3) is 0 Å². The largest absolute Gasteiger partial charge is 0.271 e. The number of nitrogens with one attached hydrogen (secondary N) is 1. The second-order valence-electron chi connectivity index (χ2n) is 4.57. The lowest BCUT2D eigenvalue weighted by Crippen LogP contribution is -2.31. The van der Waals surface area contributed by atoms with Gasteiger partial charge in [0.15, 0.2) is 0 Å². The summed E-state index contributed by atoms with van der Waals surface area (Å²) in [6.45, 7) is 4.13. The highest BCUT2D eigenvalue weighted by Crippen LogP contribution is 2.30. The Labute approximate surface area is 131 Å². The van der Waals surface area contributed by atoms with E-state index in [4.69, 9.17) is 17.4 Å². The molecule has 2 aromatic rings. The molecule has 19 heavy (non-hydrogen) atoms. The molecule has 0 bridgehead atoms. The van der Waals surface area contributed by atoms with Crippen molar-refractivity contribution in [2.24, 2.45) is 5.84 Å². The zero-order chi connectivity index (χ0) is 14.0. The molecule has 0 amide bonds. The fourth-order valence-electron chi connectivity index (χ4n) is 2.05. The number of hydrogen-bond donors (Lipinski definition) is 2. The van der Waals surface area contributed by atoms with Gasteiger partial charge in [-0.1, -0.05) is 23.7 Å². The quantitative estimate of drug-likeness (QED) is 0.478. The van der Waals surface area contributed by atoms with Crippen molar-refractivity contribution in [3.63, 3.8) is 0 Å². The normalized spacial score (nSPS) is 12.9. The maximum absolute atomic E-state index is 6.27. The molecule has 0 aliphatic carbocycles. The molecular weight excluding hydrogens is 375 g/mol. The average Bonchev–Trinajstić information content (AvgIpc) is 2.73.